The molecule has 1 saturated carbocycles. The molecule has 1 aromatic carbocycles. The highest BCUT2D eigenvalue weighted by atomic mass is 79.9. The number of H-pyrrole nitrogens is 1. The Morgan fingerprint density at radius 2 is 2.00 bits per heavy atom. The fourth-order valence-corrected chi connectivity index (χ4v) is 4.52. The first-order chi connectivity index (χ1) is 10.3. The standard InChI is InChI=1S/C18H23BrN2/c19-13-8-9-16-15(10-13)14-6-3-7-17(18(14)21-16)20-11-12-4-1-2-5-12/h8-10,12,17,20-21H,1-7,11H2. The van der Waals surface area contributed by atoms with Crippen LogP contribution in [0.5, 0.6) is 0 Å². The summed E-state index contributed by atoms with van der Waals surface area (Å²) in [6.45, 7) is 1.20. The normalized spacial score (nSPS) is 22.8. The van der Waals surface area contributed by atoms with Crippen LogP contribution in [0, 0.1) is 5.92 Å². The Hall–Kier alpha value is -0.800. The molecule has 1 fully saturated rings. The Kier molecular flexibility index (Phi) is 3.80. The summed E-state index contributed by atoms with van der Waals surface area (Å²) < 4.78 is 1.18. The lowest BCUT2D eigenvalue weighted by molar-refractivity contribution is 0.400. The Balaban J connectivity index is 1.59. The number of aromatic nitrogens is 1. The molecule has 2 aromatic rings. The molecule has 3 heteroatoms. The van der Waals surface area contributed by atoms with Crippen molar-refractivity contribution in [2.45, 2.75) is 51.0 Å². The first-order valence-electron chi connectivity index (χ1n) is 8.34. The smallest absolute Gasteiger partial charge is 0.0476 e. The van der Waals surface area contributed by atoms with Gasteiger partial charge in [0.25, 0.3) is 0 Å². The van der Waals surface area contributed by atoms with E-state index in [1.165, 1.54) is 72.6 Å². The molecule has 0 amide bonds. The molecular weight excluding hydrogens is 324 g/mol. The molecule has 112 valence electrons. The zero-order valence-corrected chi connectivity index (χ0v) is 14.0. The van der Waals surface area contributed by atoms with Gasteiger partial charge >= 0.3 is 0 Å². The Labute approximate surface area is 134 Å². The van der Waals surface area contributed by atoms with Crippen LogP contribution in [0.15, 0.2) is 22.7 Å². The van der Waals surface area contributed by atoms with E-state index in [0.29, 0.717) is 6.04 Å². The molecule has 4 rings (SSSR count). The molecule has 0 spiro atoms. The van der Waals surface area contributed by atoms with E-state index in [4.69, 9.17) is 0 Å². The topological polar surface area (TPSA) is 27.8 Å². The SMILES string of the molecule is Brc1ccc2[nH]c3c(c2c1)CCCC3NCC1CCCC1. The van der Waals surface area contributed by atoms with Gasteiger partial charge in [-0.05, 0) is 68.3 Å². The van der Waals surface area contributed by atoms with E-state index in [1.807, 2.05) is 0 Å². The minimum Gasteiger partial charge on any atom is -0.357 e. The fraction of sp³-hybridized carbons (Fsp3) is 0.556. The lowest BCUT2D eigenvalue weighted by atomic mass is 9.91. The van der Waals surface area contributed by atoms with Gasteiger partial charge < -0.3 is 10.3 Å². The van der Waals surface area contributed by atoms with Gasteiger partial charge in [0.05, 0.1) is 0 Å². The van der Waals surface area contributed by atoms with Crippen molar-refractivity contribution in [1.29, 1.82) is 0 Å². The Bertz CT molecular complexity index is 640. The van der Waals surface area contributed by atoms with Crippen molar-refractivity contribution >= 4 is 26.8 Å². The van der Waals surface area contributed by atoms with Crippen molar-refractivity contribution in [1.82, 2.24) is 10.3 Å². The van der Waals surface area contributed by atoms with Crippen LogP contribution < -0.4 is 5.32 Å². The highest BCUT2D eigenvalue weighted by Crippen LogP contribution is 2.36. The molecule has 2 N–H and O–H groups in total. The predicted octanol–water partition coefficient (Wildman–Crippen LogP) is 5.09. The highest BCUT2D eigenvalue weighted by Gasteiger charge is 2.25. The van der Waals surface area contributed by atoms with E-state index in [-0.39, 0.29) is 0 Å². The maximum absolute atomic E-state index is 3.85. The second-order valence-corrected chi connectivity index (χ2v) is 7.63. The third-order valence-electron chi connectivity index (χ3n) is 5.30. The van der Waals surface area contributed by atoms with E-state index in [9.17, 15) is 0 Å². The zero-order valence-electron chi connectivity index (χ0n) is 12.4. The van der Waals surface area contributed by atoms with Gasteiger partial charge in [-0.25, -0.2) is 0 Å². The maximum Gasteiger partial charge on any atom is 0.0476 e. The number of nitrogens with one attached hydrogen (secondary N) is 2. The summed E-state index contributed by atoms with van der Waals surface area (Å²) in [7, 11) is 0. The third kappa shape index (κ3) is 2.66. The predicted molar refractivity (Wildman–Crippen MR) is 91.6 cm³/mol. The van der Waals surface area contributed by atoms with Crippen LogP contribution in [0.4, 0.5) is 0 Å². The van der Waals surface area contributed by atoms with E-state index < -0.39 is 0 Å². The first kappa shape index (κ1) is 13.8. The number of rotatable bonds is 3. The summed E-state index contributed by atoms with van der Waals surface area (Å²) >= 11 is 3.61. The number of benzene rings is 1. The number of aryl methyl sites for hydroxylation is 1. The van der Waals surface area contributed by atoms with Crippen LogP contribution in [0.25, 0.3) is 10.9 Å². The minimum atomic E-state index is 0.528. The number of halogens is 1. The molecule has 1 unspecified atom stereocenters. The summed E-state index contributed by atoms with van der Waals surface area (Å²) in [5.41, 5.74) is 4.28. The van der Waals surface area contributed by atoms with Crippen molar-refractivity contribution in [3.63, 3.8) is 0 Å². The van der Waals surface area contributed by atoms with Gasteiger partial charge in [-0.1, -0.05) is 28.8 Å². The van der Waals surface area contributed by atoms with Crippen LogP contribution in [0.2, 0.25) is 0 Å². The van der Waals surface area contributed by atoms with Gasteiger partial charge in [-0.2, -0.15) is 0 Å². The molecule has 0 bridgehead atoms. The highest BCUT2D eigenvalue weighted by molar-refractivity contribution is 9.10. The maximum atomic E-state index is 3.85. The molecule has 21 heavy (non-hydrogen) atoms. The first-order valence-corrected chi connectivity index (χ1v) is 9.14. The van der Waals surface area contributed by atoms with Crippen molar-refractivity contribution in [2.24, 2.45) is 5.92 Å². The fourth-order valence-electron chi connectivity index (χ4n) is 4.16. The second-order valence-electron chi connectivity index (χ2n) is 6.71. The van der Waals surface area contributed by atoms with Gasteiger partial charge in [-0.15, -0.1) is 0 Å². The summed E-state index contributed by atoms with van der Waals surface area (Å²) in [5.74, 6) is 0.911. The molecule has 2 aliphatic rings. The number of aromatic amines is 1. The van der Waals surface area contributed by atoms with E-state index in [0.717, 1.165) is 5.92 Å². The molecule has 1 aromatic heterocycles. The van der Waals surface area contributed by atoms with Crippen LogP contribution in [0.3, 0.4) is 0 Å². The van der Waals surface area contributed by atoms with Crippen LogP contribution in [-0.4, -0.2) is 11.5 Å². The Morgan fingerprint density at radius 3 is 2.86 bits per heavy atom. The number of hydrogen-bond donors (Lipinski definition) is 2. The minimum absolute atomic E-state index is 0.528. The summed E-state index contributed by atoms with van der Waals surface area (Å²) in [4.78, 5) is 3.69. The molecule has 1 atom stereocenters. The van der Waals surface area contributed by atoms with Crippen molar-refractivity contribution in [3.8, 4) is 0 Å². The molecular formula is C18H23BrN2. The van der Waals surface area contributed by atoms with Crippen molar-refractivity contribution in [2.75, 3.05) is 6.54 Å². The van der Waals surface area contributed by atoms with E-state index >= 15 is 0 Å². The monoisotopic (exact) mass is 346 g/mol. The van der Waals surface area contributed by atoms with Crippen LogP contribution >= 0.6 is 15.9 Å². The third-order valence-corrected chi connectivity index (χ3v) is 5.79. The molecule has 2 nitrogen and oxygen atoms in total. The average molecular weight is 347 g/mol. The summed E-state index contributed by atoms with van der Waals surface area (Å²) in [6, 6.07) is 7.13. The van der Waals surface area contributed by atoms with Crippen molar-refractivity contribution in [3.05, 3.63) is 33.9 Å². The quantitative estimate of drug-likeness (QED) is 0.795. The number of fused-ring (bicyclic) bond motifs is 3. The molecule has 1 heterocycles. The van der Waals surface area contributed by atoms with Crippen LogP contribution in [0.1, 0.15) is 55.8 Å². The van der Waals surface area contributed by atoms with E-state index in [2.05, 4.69) is 44.4 Å². The second kappa shape index (κ2) is 5.77. The molecule has 0 radical (unpaired) electrons. The largest absolute Gasteiger partial charge is 0.357 e. The Morgan fingerprint density at radius 1 is 1.14 bits per heavy atom. The van der Waals surface area contributed by atoms with Gasteiger partial charge in [0.15, 0.2) is 0 Å². The number of hydrogen-bond acceptors (Lipinski definition) is 1. The lowest BCUT2D eigenvalue weighted by Gasteiger charge is -2.25. The molecule has 0 aliphatic heterocycles. The van der Waals surface area contributed by atoms with Gasteiger partial charge in [-0.3, -0.25) is 0 Å². The van der Waals surface area contributed by atoms with Crippen molar-refractivity contribution < 1.29 is 0 Å². The molecule has 2 aliphatic carbocycles. The lowest BCUT2D eigenvalue weighted by Crippen LogP contribution is -2.29. The summed E-state index contributed by atoms with van der Waals surface area (Å²) in [6.07, 6.45) is 9.50. The van der Waals surface area contributed by atoms with Gasteiger partial charge in [0, 0.05) is 27.1 Å². The van der Waals surface area contributed by atoms with E-state index in [1.54, 1.807) is 5.56 Å². The van der Waals surface area contributed by atoms with Crippen LogP contribution in [-0.2, 0) is 6.42 Å². The van der Waals surface area contributed by atoms with Gasteiger partial charge in [0.1, 0.15) is 0 Å². The molecule has 0 saturated heterocycles. The summed E-state index contributed by atoms with van der Waals surface area (Å²) in [5, 5.41) is 5.26. The van der Waals surface area contributed by atoms with Gasteiger partial charge in [0.2, 0.25) is 0 Å². The average Bonchev–Trinajstić information content (AvgIpc) is 3.12. The zero-order chi connectivity index (χ0) is 14.2.